The highest BCUT2D eigenvalue weighted by Crippen LogP contribution is 2.32. The van der Waals surface area contributed by atoms with Crippen molar-refractivity contribution >= 4 is 12.4 Å². The van der Waals surface area contributed by atoms with Gasteiger partial charge in [-0.2, -0.15) is 0 Å². The van der Waals surface area contributed by atoms with Crippen molar-refractivity contribution in [2.45, 2.75) is 51.2 Å². The summed E-state index contributed by atoms with van der Waals surface area (Å²) in [5.41, 5.74) is 7.46. The molecule has 2 atom stereocenters. The first-order valence-electron chi connectivity index (χ1n) is 6.79. The van der Waals surface area contributed by atoms with Gasteiger partial charge in [-0.05, 0) is 31.7 Å². The Morgan fingerprint density at radius 1 is 1.26 bits per heavy atom. The van der Waals surface area contributed by atoms with Gasteiger partial charge in [0.25, 0.3) is 0 Å². The third-order valence-corrected chi connectivity index (χ3v) is 4.01. The van der Waals surface area contributed by atoms with Crippen molar-refractivity contribution in [2.24, 2.45) is 11.7 Å². The molecule has 0 unspecified atom stereocenters. The molecule has 0 spiro atoms. The van der Waals surface area contributed by atoms with Crippen LogP contribution in [0, 0.1) is 18.7 Å². The van der Waals surface area contributed by atoms with Crippen LogP contribution in [-0.2, 0) is 0 Å². The molecule has 1 aliphatic carbocycles. The van der Waals surface area contributed by atoms with E-state index in [2.05, 4.69) is 0 Å². The first-order valence-corrected chi connectivity index (χ1v) is 6.79. The Bertz CT molecular complexity index is 407. The highest BCUT2D eigenvalue weighted by atomic mass is 35.5. The van der Waals surface area contributed by atoms with E-state index in [0.717, 1.165) is 31.2 Å². The van der Waals surface area contributed by atoms with Crippen molar-refractivity contribution in [3.63, 3.8) is 0 Å². The predicted octanol–water partition coefficient (Wildman–Crippen LogP) is 3.50. The quantitative estimate of drug-likeness (QED) is 0.894. The SMILES string of the molecule is Cc1ccc(F)c([C@@H](N)[C@@H](O)C2CCCCC2)c1.Cl. The lowest BCUT2D eigenvalue weighted by atomic mass is 9.81. The molecule has 0 heterocycles. The number of aryl methyl sites for hydroxylation is 1. The van der Waals surface area contributed by atoms with Gasteiger partial charge in [-0.1, -0.05) is 37.0 Å². The first-order chi connectivity index (χ1) is 8.59. The van der Waals surface area contributed by atoms with E-state index < -0.39 is 12.1 Å². The zero-order chi connectivity index (χ0) is 13.1. The second-order valence-corrected chi connectivity index (χ2v) is 5.44. The van der Waals surface area contributed by atoms with Crippen LogP contribution >= 0.6 is 12.4 Å². The van der Waals surface area contributed by atoms with E-state index in [1.165, 1.54) is 12.5 Å². The number of aliphatic hydroxyl groups is 1. The van der Waals surface area contributed by atoms with E-state index in [-0.39, 0.29) is 24.1 Å². The van der Waals surface area contributed by atoms with E-state index in [9.17, 15) is 9.50 Å². The van der Waals surface area contributed by atoms with E-state index in [0.29, 0.717) is 5.56 Å². The van der Waals surface area contributed by atoms with Crippen molar-refractivity contribution in [3.8, 4) is 0 Å². The zero-order valence-corrected chi connectivity index (χ0v) is 12.1. The van der Waals surface area contributed by atoms with Gasteiger partial charge in [0.2, 0.25) is 0 Å². The van der Waals surface area contributed by atoms with Gasteiger partial charge >= 0.3 is 0 Å². The fourth-order valence-corrected chi connectivity index (χ4v) is 2.87. The highest BCUT2D eigenvalue weighted by molar-refractivity contribution is 5.85. The lowest BCUT2D eigenvalue weighted by Gasteiger charge is -2.30. The van der Waals surface area contributed by atoms with Crippen molar-refractivity contribution in [2.75, 3.05) is 0 Å². The molecule has 108 valence electrons. The molecule has 19 heavy (non-hydrogen) atoms. The van der Waals surface area contributed by atoms with Crippen LogP contribution in [0.15, 0.2) is 18.2 Å². The molecule has 1 fully saturated rings. The molecule has 2 nitrogen and oxygen atoms in total. The molecule has 0 aromatic heterocycles. The minimum Gasteiger partial charge on any atom is -0.391 e. The minimum absolute atomic E-state index is 0. The van der Waals surface area contributed by atoms with Crippen molar-refractivity contribution in [1.29, 1.82) is 0 Å². The minimum atomic E-state index is -0.637. The summed E-state index contributed by atoms with van der Waals surface area (Å²) in [7, 11) is 0. The van der Waals surface area contributed by atoms with Gasteiger partial charge in [-0.3, -0.25) is 0 Å². The average Bonchev–Trinajstić information content (AvgIpc) is 2.41. The molecule has 1 aliphatic rings. The Morgan fingerprint density at radius 2 is 1.89 bits per heavy atom. The molecule has 0 radical (unpaired) electrons. The molecule has 0 aliphatic heterocycles. The van der Waals surface area contributed by atoms with Crippen molar-refractivity contribution in [1.82, 2.24) is 0 Å². The maximum Gasteiger partial charge on any atom is 0.128 e. The van der Waals surface area contributed by atoms with Gasteiger partial charge in [0.05, 0.1) is 12.1 Å². The Morgan fingerprint density at radius 3 is 2.53 bits per heavy atom. The van der Waals surface area contributed by atoms with Crippen LogP contribution < -0.4 is 5.73 Å². The standard InChI is InChI=1S/C15H22FNO.ClH/c1-10-7-8-13(16)12(9-10)14(17)15(18)11-5-3-2-4-6-11;/h7-9,11,14-15,18H,2-6,17H2,1H3;1H/t14-,15+;/m1./s1. The second kappa shape index (κ2) is 7.22. The lowest BCUT2D eigenvalue weighted by Crippen LogP contribution is -2.34. The summed E-state index contributed by atoms with van der Waals surface area (Å²) in [6, 6.07) is 4.27. The van der Waals surface area contributed by atoms with Gasteiger partial charge in [-0.25, -0.2) is 4.39 Å². The smallest absolute Gasteiger partial charge is 0.128 e. The summed E-state index contributed by atoms with van der Waals surface area (Å²) < 4.78 is 13.8. The van der Waals surface area contributed by atoms with E-state index >= 15 is 0 Å². The molecule has 0 amide bonds. The average molecular weight is 288 g/mol. The number of rotatable bonds is 3. The topological polar surface area (TPSA) is 46.2 Å². The van der Waals surface area contributed by atoms with Crippen LogP contribution in [0.5, 0.6) is 0 Å². The Balaban J connectivity index is 0.00000180. The fourth-order valence-electron chi connectivity index (χ4n) is 2.87. The second-order valence-electron chi connectivity index (χ2n) is 5.44. The highest BCUT2D eigenvalue weighted by Gasteiger charge is 2.28. The zero-order valence-electron chi connectivity index (χ0n) is 11.3. The summed E-state index contributed by atoms with van der Waals surface area (Å²) in [5.74, 6) is -0.100. The number of aliphatic hydroxyl groups excluding tert-OH is 1. The van der Waals surface area contributed by atoms with Gasteiger partial charge < -0.3 is 10.8 Å². The van der Waals surface area contributed by atoms with Crippen molar-refractivity contribution in [3.05, 3.63) is 35.1 Å². The van der Waals surface area contributed by atoms with Crippen molar-refractivity contribution < 1.29 is 9.50 Å². The van der Waals surface area contributed by atoms with Gasteiger partial charge in [0.15, 0.2) is 0 Å². The summed E-state index contributed by atoms with van der Waals surface area (Å²) >= 11 is 0. The van der Waals surface area contributed by atoms with Gasteiger partial charge in [0, 0.05) is 5.56 Å². The summed E-state index contributed by atoms with van der Waals surface area (Å²) in [6.45, 7) is 1.91. The maximum atomic E-state index is 13.8. The van der Waals surface area contributed by atoms with E-state index in [4.69, 9.17) is 5.73 Å². The van der Waals surface area contributed by atoms with E-state index in [1.54, 1.807) is 12.1 Å². The molecular formula is C15H23ClFNO. The summed E-state index contributed by atoms with van der Waals surface area (Å²) in [6.07, 6.45) is 4.89. The molecular weight excluding hydrogens is 265 g/mol. The van der Waals surface area contributed by atoms with Gasteiger partial charge in [-0.15, -0.1) is 12.4 Å². The number of halogens is 2. The Labute approximate surface area is 120 Å². The molecule has 2 rings (SSSR count). The molecule has 4 heteroatoms. The van der Waals surface area contributed by atoms with Gasteiger partial charge in [0.1, 0.15) is 5.82 Å². The monoisotopic (exact) mass is 287 g/mol. The molecule has 3 N–H and O–H groups in total. The molecule has 1 aromatic rings. The molecule has 0 bridgehead atoms. The maximum absolute atomic E-state index is 13.8. The largest absolute Gasteiger partial charge is 0.391 e. The summed E-state index contributed by atoms with van der Waals surface area (Å²) in [4.78, 5) is 0. The van der Waals surface area contributed by atoms with Crippen LogP contribution in [0.4, 0.5) is 4.39 Å². The molecule has 1 saturated carbocycles. The first kappa shape index (κ1) is 16.4. The number of hydrogen-bond donors (Lipinski definition) is 2. The number of hydrogen-bond acceptors (Lipinski definition) is 2. The van der Waals surface area contributed by atoms with Crippen LogP contribution in [-0.4, -0.2) is 11.2 Å². The normalized spacial score (nSPS) is 19.6. The Hall–Kier alpha value is -0.640. The fraction of sp³-hybridized carbons (Fsp3) is 0.600. The van der Waals surface area contributed by atoms with Crippen LogP contribution in [0.1, 0.15) is 49.3 Å². The van der Waals surface area contributed by atoms with Crippen LogP contribution in [0.25, 0.3) is 0 Å². The Kier molecular flexibility index (Phi) is 6.24. The number of benzene rings is 1. The summed E-state index contributed by atoms with van der Waals surface area (Å²) in [5, 5.41) is 10.3. The third-order valence-electron chi connectivity index (χ3n) is 4.01. The van der Waals surface area contributed by atoms with E-state index in [1.807, 2.05) is 6.92 Å². The predicted molar refractivity (Wildman–Crippen MR) is 77.9 cm³/mol. The van der Waals surface area contributed by atoms with Crippen LogP contribution in [0.2, 0.25) is 0 Å². The molecule has 1 aromatic carbocycles. The third kappa shape index (κ3) is 3.91. The van der Waals surface area contributed by atoms with Crippen LogP contribution in [0.3, 0.4) is 0 Å². The lowest BCUT2D eigenvalue weighted by molar-refractivity contribution is 0.0608. The molecule has 0 saturated heterocycles. The number of nitrogens with two attached hydrogens (primary N) is 1.